The number of Topliss-reactive ketones (excluding diaryl/α,β-unsaturated/α-hetero) is 2. The van der Waals surface area contributed by atoms with Gasteiger partial charge < -0.3 is 10.1 Å². The summed E-state index contributed by atoms with van der Waals surface area (Å²) in [5, 5.41) is 3.34. The Balaban J connectivity index is 1.39. The molecule has 0 bridgehead atoms. The Morgan fingerprint density at radius 1 is 0.935 bits per heavy atom. The summed E-state index contributed by atoms with van der Waals surface area (Å²) in [6.07, 6.45) is 1.57. The quantitative estimate of drug-likeness (QED) is 0.449. The molecule has 31 heavy (non-hydrogen) atoms. The Hall–Kier alpha value is -3.70. The molecule has 0 fully saturated rings. The van der Waals surface area contributed by atoms with Crippen LogP contribution >= 0.6 is 11.6 Å². The van der Waals surface area contributed by atoms with Crippen molar-refractivity contribution in [3.8, 4) is 5.75 Å². The topological polar surface area (TPSA) is 72.5 Å². The van der Waals surface area contributed by atoms with Crippen molar-refractivity contribution in [2.24, 2.45) is 0 Å². The molecule has 3 aromatic carbocycles. The highest BCUT2D eigenvalue weighted by atomic mass is 35.5. The summed E-state index contributed by atoms with van der Waals surface area (Å²) in [5.41, 5.74) is 3.12. The molecule has 0 aliphatic heterocycles. The first-order valence-corrected chi connectivity index (χ1v) is 10.00. The van der Waals surface area contributed by atoms with Crippen molar-refractivity contribution in [3.05, 3.63) is 99.6 Å². The molecule has 0 atom stereocenters. The van der Waals surface area contributed by atoms with Crippen LogP contribution in [0.3, 0.4) is 0 Å². The van der Waals surface area contributed by atoms with Gasteiger partial charge in [-0.1, -0.05) is 54.1 Å². The van der Waals surface area contributed by atoms with Crippen LogP contribution in [0, 0.1) is 6.92 Å². The average molecular weight is 432 g/mol. The highest BCUT2D eigenvalue weighted by molar-refractivity contribution is 6.41. The molecule has 4 rings (SSSR count). The van der Waals surface area contributed by atoms with Gasteiger partial charge in [0.15, 0.2) is 18.2 Å². The van der Waals surface area contributed by atoms with Crippen LogP contribution in [0.2, 0.25) is 5.02 Å². The molecule has 0 saturated heterocycles. The number of anilines is 1. The zero-order chi connectivity index (χ0) is 22.0. The van der Waals surface area contributed by atoms with Crippen molar-refractivity contribution in [2.45, 2.75) is 6.92 Å². The van der Waals surface area contributed by atoms with Gasteiger partial charge in [-0.05, 0) is 48.4 Å². The van der Waals surface area contributed by atoms with Gasteiger partial charge in [0, 0.05) is 21.8 Å². The lowest BCUT2D eigenvalue weighted by Crippen LogP contribution is -2.20. The minimum absolute atomic E-state index is 0.145. The number of hydrogen-bond donors (Lipinski definition) is 1. The normalized spacial score (nSPS) is 12.5. The lowest BCUT2D eigenvalue weighted by atomic mass is 10.1. The van der Waals surface area contributed by atoms with Gasteiger partial charge in [-0.15, -0.1) is 0 Å². The van der Waals surface area contributed by atoms with Gasteiger partial charge in [0.25, 0.3) is 5.91 Å². The third-order valence-electron chi connectivity index (χ3n) is 5.01. The maximum atomic E-state index is 12.5. The highest BCUT2D eigenvalue weighted by Gasteiger charge is 2.32. The van der Waals surface area contributed by atoms with Crippen LogP contribution in [0.15, 0.2) is 72.3 Å². The van der Waals surface area contributed by atoms with E-state index in [0.717, 1.165) is 5.56 Å². The van der Waals surface area contributed by atoms with E-state index in [1.54, 1.807) is 72.8 Å². The number of carbonyl (C=O) groups is 3. The summed E-state index contributed by atoms with van der Waals surface area (Å²) in [6, 6.07) is 18.9. The molecule has 5 nitrogen and oxygen atoms in total. The van der Waals surface area contributed by atoms with Crippen molar-refractivity contribution in [2.75, 3.05) is 11.9 Å². The fraction of sp³-hybridized carbons (Fsp3) is 0.0800. The minimum Gasteiger partial charge on any atom is -0.484 e. The monoisotopic (exact) mass is 431 g/mol. The number of carbonyl (C=O) groups excluding carboxylic acids is 3. The molecule has 0 unspecified atom stereocenters. The Morgan fingerprint density at radius 3 is 2.23 bits per heavy atom. The van der Waals surface area contributed by atoms with Crippen LogP contribution in [-0.4, -0.2) is 24.1 Å². The van der Waals surface area contributed by atoms with Gasteiger partial charge in [-0.3, -0.25) is 14.4 Å². The van der Waals surface area contributed by atoms with E-state index in [4.69, 9.17) is 16.3 Å². The summed E-state index contributed by atoms with van der Waals surface area (Å²) >= 11 is 6.06. The maximum Gasteiger partial charge on any atom is 0.262 e. The van der Waals surface area contributed by atoms with Crippen LogP contribution in [0.1, 0.15) is 31.8 Å². The lowest BCUT2D eigenvalue weighted by molar-refractivity contribution is -0.118. The number of halogens is 1. The number of benzene rings is 3. The number of ketones is 2. The first-order valence-electron chi connectivity index (χ1n) is 9.62. The van der Waals surface area contributed by atoms with Gasteiger partial charge in [0.05, 0.1) is 5.57 Å². The first-order chi connectivity index (χ1) is 14.9. The molecule has 0 saturated carbocycles. The molecule has 0 radical (unpaired) electrons. The molecular weight excluding hydrogens is 414 g/mol. The molecule has 0 spiro atoms. The van der Waals surface area contributed by atoms with Gasteiger partial charge in [0.2, 0.25) is 0 Å². The van der Waals surface area contributed by atoms with Gasteiger partial charge in [-0.25, -0.2) is 0 Å². The Bertz CT molecular complexity index is 1190. The second-order valence-corrected chi connectivity index (χ2v) is 7.49. The maximum absolute atomic E-state index is 12.5. The zero-order valence-electron chi connectivity index (χ0n) is 16.6. The fourth-order valence-corrected chi connectivity index (χ4v) is 3.48. The van der Waals surface area contributed by atoms with Crippen LogP contribution in [0.25, 0.3) is 6.08 Å². The Morgan fingerprint density at radius 2 is 1.58 bits per heavy atom. The smallest absolute Gasteiger partial charge is 0.262 e. The van der Waals surface area contributed by atoms with Crippen LogP contribution < -0.4 is 10.1 Å². The summed E-state index contributed by atoms with van der Waals surface area (Å²) in [6.45, 7) is 1.66. The average Bonchev–Trinajstić information content (AvgIpc) is 3.01. The number of ether oxygens (including phenoxy) is 1. The van der Waals surface area contributed by atoms with Crippen LogP contribution in [-0.2, 0) is 4.79 Å². The molecule has 154 valence electrons. The van der Waals surface area contributed by atoms with E-state index in [-0.39, 0.29) is 29.7 Å². The Kier molecular flexibility index (Phi) is 5.69. The standard InChI is InChI=1S/C25H18ClNO4/c1-15-21(26)7-4-8-22(15)27-23(28)14-31-17-11-9-16(10-12-17)13-20-24(29)18-5-2-3-6-19(18)25(20)30/h2-13H,14H2,1H3,(H,27,28). The predicted octanol–water partition coefficient (Wildman–Crippen LogP) is 5.13. The van der Waals surface area contributed by atoms with E-state index < -0.39 is 0 Å². The van der Waals surface area contributed by atoms with E-state index in [1.165, 1.54) is 0 Å². The molecule has 1 aliphatic rings. The van der Waals surface area contributed by atoms with E-state index >= 15 is 0 Å². The number of fused-ring (bicyclic) bond motifs is 1. The molecule has 1 N–H and O–H groups in total. The third kappa shape index (κ3) is 4.27. The molecular formula is C25H18ClNO4. The summed E-state index contributed by atoms with van der Waals surface area (Å²) < 4.78 is 5.53. The third-order valence-corrected chi connectivity index (χ3v) is 5.42. The number of rotatable bonds is 5. The number of nitrogens with one attached hydrogen (secondary N) is 1. The lowest BCUT2D eigenvalue weighted by Gasteiger charge is -2.10. The van der Waals surface area contributed by atoms with Crippen molar-refractivity contribution in [1.29, 1.82) is 0 Å². The second kappa shape index (κ2) is 8.58. The predicted molar refractivity (Wildman–Crippen MR) is 120 cm³/mol. The van der Waals surface area contributed by atoms with Crippen molar-refractivity contribution in [3.63, 3.8) is 0 Å². The summed E-state index contributed by atoms with van der Waals surface area (Å²) in [7, 11) is 0. The zero-order valence-corrected chi connectivity index (χ0v) is 17.4. The van der Waals surface area contributed by atoms with Crippen molar-refractivity contribution >= 4 is 40.8 Å². The van der Waals surface area contributed by atoms with Crippen LogP contribution in [0.5, 0.6) is 5.75 Å². The van der Waals surface area contributed by atoms with Gasteiger partial charge in [0.1, 0.15) is 5.75 Å². The number of amides is 1. The summed E-state index contributed by atoms with van der Waals surface area (Å²) in [4.78, 5) is 37.1. The number of hydrogen-bond acceptors (Lipinski definition) is 4. The highest BCUT2D eigenvalue weighted by Crippen LogP contribution is 2.28. The molecule has 6 heteroatoms. The number of allylic oxidation sites excluding steroid dienone is 1. The minimum atomic E-state index is -0.309. The van der Waals surface area contributed by atoms with E-state index in [9.17, 15) is 14.4 Å². The van der Waals surface area contributed by atoms with Crippen molar-refractivity contribution in [1.82, 2.24) is 0 Å². The van der Waals surface area contributed by atoms with Gasteiger partial charge in [-0.2, -0.15) is 0 Å². The Labute approximate surface area is 184 Å². The largest absolute Gasteiger partial charge is 0.484 e. The SMILES string of the molecule is Cc1c(Cl)cccc1NC(=O)COc1ccc(C=C2C(=O)c3ccccc3C2=O)cc1. The van der Waals surface area contributed by atoms with E-state index in [2.05, 4.69) is 5.32 Å². The first kappa shape index (κ1) is 20.6. The van der Waals surface area contributed by atoms with Crippen molar-refractivity contribution < 1.29 is 19.1 Å². The van der Waals surface area contributed by atoms with E-state index in [0.29, 0.717) is 33.1 Å². The van der Waals surface area contributed by atoms with Gasteiger partial charge >= 0.3 is 0 Å². The fourth-order valence-electron chi connectivity index (χ4n) is 3.31. The second-order valence-electron chi connectivity index (χ2n) is 7.08. The molecule has 1 aliphatic carbocycles. The molecule has 1 amide bonds. The molecule has 3 aromatic rings. The van der Waals surface area contributed by atoms with Crippen LogP contribution in [0.4, 0.5) is 5.69 Å². The molecule has 0 heterocycles. The summed E-state index contributed by atoms with van der Waals surface area (Å²) in [5.74, 6) is -0.355. The molecule has 0 aromatic heterocycles. The van der Waals surface area contributed by atoms with E-state index in [1.807, 2.05) is 6.92 Å².